The molecule has 4 nitrogen and oxygen atoms in total. The molecule has 1 rings (SSSR count). The van der Waals surface area contributed by atoms with Crippen molar-refractivity contribution in [1.82, 2.24) is 5.32 Å². The molecule has 0 unspecified atom stereocenters. The zero-order valence-electron chi connectivity index (χ0n) is 14.4. The van der Waals surface area contributed by atoms with Crippen LogP contribution in [-0.2, 0) is 10.2 Å². The Bertz CT molecular complexity index is 550. The van der Waals surface area contributed by atoms with Crippen LogP contribution in [0.25, 0.3) is 0 Å². The lowest BCUT2D eigenvalue weighted by Crippen LogP contribution is -2.50. The summed E-state index contributed by atoms with van der Waals surface area (Å²) >= 11 is 0. The monoisotopic (exact) mass is 302 g/mol. The smallest absolute Gasteiger partial charge is 0.259 e. The molecule has 0 radical (unpaired) electrons. The number of ether oxygens (including phenoxy) is 1. The van der Waals surface area contributed by atoms with Crippen molar-refractivity contribution in [3.63, 3.8) is 0 Å². The van der Waals surface area contributed by atoms with Crippen molar-refractivity contribution < 1.29 is 9.53 Å². The molecule has 22 heavy (non-hydrogen) atoms. The maximum Gasteiger partial charge on any atom is 0.259 e. The Morgan fingerprint density at radius 2 is 1.77 bits per heavy atom. The molecule has 1 aromatic carbocycles. The molecule has 0 saturated carbocycles. The van der Waals surface area contributed by atoms with Gasteiger partial charge in [-0.15, -0.1) is 0 Å². The molecule has 0 saturated heterocycles. The first-order valence-corrected chi connectivity index (χ1v) is 7.54. The molecule has 0 fully saturated rings. The van der Waals surface area contributed by atoms with E-state index < -0.39 is 5.54 Å². The van der Waals surface area contributed by atoms with E-state index in [1.54, 1.807) is 6.92 Å². The minimum absolute atomic E-state index is 0.0209. The molecule has 0 aliphatic carbocycles. The molecule has 1 amide bonds. The van der Waals surface area contributed by atoms with E-state index in [4.69, 9.17) is 4.74 Å². The van der Waals surface area contributed by atoms with Crippen LogP contribution in [0.3, 0.4) is 0 Å². The summed E-state index contributed by atoms with van der Waals surface area (Å²) in [4.78, 5) is 11.9. The molecule has 0 aromatic heterocycles. The Hall–Kier alpha value is -2.02. The quantitative estimate of drug-likeness (QED) is 0.906. The fourth-order valence-corrected chi connectivity index (χ4v) is 1.83. The van der Waals surface area contributed by atoms with Gasteiger partial charge >= 0.3 is 0 Å². The summed E-state index contributed by atoms with van der Waals surface area (Å²) in [7, 11) is 0. The van der Waals surface area contributed by atoms with E-state index in [9.17, 15) is 10.1 Å². The summed E-state index contributed by atoms with van der Waals surface area (Å²) in [6.45, 7) is 11.8. The highest BCUT2D eigenvalue weighted by atomic mass is 16.5. The molecule has 4 heteroatoms. The van der Waals surface area contributed by atoms with Crippen LogP contribution >= 0.6 is 0 Å². The van der Waals surface area contributed by atoms with Crippen molar-refractivity contribution in [2.24, 2.45) is 5.92 Å². The maximum absolute atomic E-state index is 11.9. The number of hydrogen-bond acceptors (Lipinski definition) is 3. The average Bonchev–Trinajstić information content (AvgIpc) is 2.44. The van der Waals surface area contributed by atoms with Gasteiger partial charge in [-0.1, -0.05) is 46.8 Å². The molecule has 0 spiro atoms. The number of benzene rings is 1. The van der Waals surface area contributed by atoms with E-state index in [0.29, 0.717) is 5.75 Å². The standard InChI is InChI=1S/C18H26N2O2/c1-13(2)18(6,12-19)20-16(21)11-22-15-9-7-14(8-10-15)17(3,4)5/h7-10,13H,11H2,1-6H3,(H,20,21)/t18-/m1/s1. The van der Waals surface area contributed by atoms with Crippen LogP contribution in [0.15, 0.2) is 24.3 Å². The van der Waals surface area contributed by atoms with Gasteiger partial charge in [0.2, 0.25) is 0 Å². The third kappa shape index (κ3) is 4.77. The lowest BCUT2D eigenvalue weighted by atomic mass is 9.87. The Morgan fingerprint density at radius 1 is 1.23 bits per heavy atom. The summed E-state index contributed by atoms with van der Waals surface area (Å²) in [5.74, 6) is 0.372. The lowest BCUT2D eigenvalue weighted by molar-refractivity contribution is -0.124. The second-order valence-corrected chi connectivity index (χ2v) is 7.08. The number of hydrogen-bond donors (Lipinski definition) is 1. The summed E-state index contributed by atoms with van der Waals surface area (Å²) < 4.78 is 5.48. The van der Waals surface area contributed by atoms with E-state index >= 15 is 0 Å². The second-order valence-electron chi connectivity index (χ2n) is 7.08. The van der Waals surface area contributed by atoms with Crippen molar-refractivity contribution in [1.29, 1.82) is 5.26 Å². The van der Waals surface area contributed by atoms with Crippen LogP contribution in [0.4, 0.5) is 0 Å². The van der Waals surface area contributed by atoms with E-state index in [-0.39, 0.29) is 23.8 Å². The van der Waals surface area contributed by atoms with Crippen LogP contribution in [0.1, 0.15) is 47.1 Å². The molecular weight excluding hydrogens is 276 g/mol. The zero-order valence-corrected chi connectivity index (χ0v) is 14.4. The van der Waals surface area contributed by atoms with Crippen LogP contribution in [-0.4, -0.2) is 18.1 Å². The van der Waals surface area contributed by atoms with E-state index in [1.165, 1.54) is 5.56 Å². The normalized spacial score (nSPS) is 14.1. The van der Waals surface area contributed by atoms with Crippen LogP contribution < -0.4 is 10.1 Å². The average molecular weight is 302 g/mol. The van der Waals surface area contributed by atoms with Gasteiger partial charge in [0.1, 0.15) is 11.3 Å². The van der Waals surface area contributed by atoms with Crippen molar-refractivity contribution in [3.8, 4) is 11.8 Å². The fourth-order valence-electron chi connectivity index (χ4n) is 1.83. The largest absolute Gasteiger partial charge is 0.484 e. The predicted octanol–water partition coefficient (Wildman–Crippen LogP) is 3.42. The Balaban J connectivity index is 2.60. The van der Waals surface area contributed by atoms with Gasteiger partial charge in [0.15, 0.2) is 6.61 Å². The van der Waals surface area contributed by atoms with Crippen LogP contribution in [0, 0.1) is 17.2 Å². The van der Waals surface area contributed by atoms with Gasteiger partial charge in [-0.05, 0) is 36.0 Å². The third-order valence-electron chi connectivity index (χ3n) is 3.88. The highest BCUT2D eigenvalue weighted by Gasteiger charge is 2.30. The fraction of sp³-hybridized carbons (Fsp3) is 0.556. The summed E-state index contributed by atoms with van der Waals surface area (Å²) in [5.41, 5.74) is 0.416. The molecule has 1 N–H and O–H groups in total. The zero-order chi connectivity index (χ0) is 17.0. The molecule has 0 aliphatic rings. The minimum atomic E-state index is -0.878. The van der Waals surface area contributed by atoms with Crippen LogP contribution in [0.2, 0.25) is 0 Å². The minimum Gasteiger partial charge on any atom is -0.484 e. The van der Waals surface area contributed by atoms with Gasteiger partial charge in [-0.3, -0.25) is 4.79 Å². The number of rotatable bonds is 5. The van der Waals surface area contributed by atoms with Gasteiger partial charge in [-0.2, -0.15) is 5.26 Å². The Morgan fingerprint density at radius 3 is 2.18 bits per heavy atom. The molecule has 120 valence electrons. The molecule has 1 atom stereocenters. The first-order chi connectivity index (χ1) is 10.1. The van der Waals surface area contributed by atoms with Gasteiger partial charge in [-0.25, -0.2) is 0 Å². The highest BCUT2D eigenvalue weighted by molar-refractivity contribution is 5.78. The number of nitriles is 1. The molecular formula is C18H26N2O2. The third-order valence-corrected chi connectivity index (χ3v) is 3.88. The summed E-state index contributed by atoms with van der Waals surface area (Å²) in [6, 6.07) is 9.87. The topological polar surface area (TPSA) is 62.1 Å². The van der Waals surface area contributed by atoms with Crippen LogP contribution in [0.5, 0.6) is 5.75 Å². The number of carbonyl (C=O) groups excluding carboxylic acids is 1. The molecule has 0 heterocycles. The maximum atomic E-state index is 11.9. The summed E-state index contributed by atoms with van der Waals surface area (Å²) in [6.07, 6.45) is 0. The summed E-state index contributed by atoms with van der Waals surface area (Å²) in [5, 5.41) is 11.9. The highest BCUT2D eigenvalue weighted by Crippen LogP contribution is 2.24. The predicted molar refractivity (Wildman–Crippen MR) is 87.6 cm³/mol. The van der Waals surface area contributed by atoms with E-state index in [0.717, 1.165) is 0 Å². The molecule has 0 aliphatic heterocycles. The SMILES string of the molecule is CC(C)[C@@](C)(C#N)NC(=O)COc1ccc(C(C)(C)C)cc1. The number of nitrogens with one attached hydrogen (secondary N) is 1. The molecule has 0 bridgehead atoms. The Labute approximate surface area is 133 Å². The Kier molecular flexibility index (Phi) is 5.59. The van der Waals surface area contributed by atoms with E-state index in [1.807, 2.05) is 38.1 Å². The number of carbonyl (C=O) groups is 1. The van der Waals surface area contributed by atoms with E-state index in [2.05, 4.69) is 32.2 Å². The molecule has 1 aromatic rings. The van der Waals surface area contributed by atoms with Gasteiger partial charge in [0.05, 0.1) is 6.07 Å². The van der Waals surface area contributed by atoms with Gasteiger partial charge in [0.25, 0.3) is 5.91 Å². The number of amides is 1. The van der Waals surface area contributed by atoms with Crippen molar-refractivity contribution in [3.05, 3.63) is 29.8 Å². The van der Waals surface area contributed by atoms with Gasteiger partial charge < -0.3 is 10.1 Å². The lowest BCUT2D eigenvalue weighted by Gasteiger charge is -2.27. The first kappa shape index (κ1) is 18.0. The van der Waals surface area contributed by atoms with Crippen molar-refractivity contribution in [2.75, 3.05) is 6.61 Å². The number of nitrogens with zero attached hydrogens (tertiary/aromatic N) is 1. The van der Waals surface area contributed by atoms with Crippen molar-refractivity contribution in [2.45, 2.75) is 52.5 Å². The van der Waals surface area contributed by atoms with Crippen molar-refractivity contribution >= 4 is 5.91 Å². The van der Waals surface area contributed by atoms with Gasteiger partial charge in [0, 0.05) is 0 Å². The second kappa shape index (κ2) is 6.83. The first-order valence-electron chi connectivity index (χ1n) is 7.54.